The minimum absolute atomic E-state index is 0.144. The van der Waals surface area contributed by atoms with Gasteiger partial charge in [-0.3, -0.25) is 9.59 Å². The van der Waals surface area contributed by atoms with E-state index in [0.29, 0.717) is 24.4 Å². The monoisotopic (exact) mass is 410 g/mol. The first-order chi connectivity index (χ1) is 12.1. The first kappa shape index (κ1) is 20.8. The molecule has 0 radical (unpaired) electrons. The molecule has 2 amide bonds. The number of benzene rings is 1. The maximum absolute atomic E-state index is 12.8. The van der Waals surface area contributed by atoms with E-state index in [4.69, 9.17) is 23.2 Å². The second-order valence-corrected chi connectivity index (χ2v) is 6.91. The summed E-state index contributed by atoms with van der Waals surface area (Å²) in [7, 11) is 0. The van der Waals surface area contributed by atoms with Crippen LogP contribution in [0.15, 0.2) is 18.2 Å². The summed E-state index contributed by atoms with van der Waals surface area (Å²) in [4.78, 5) is 28.0. The fourth-order valence-electron chi connectivity index (χ4n) is 2.98. The van der Waals surface area contributed by atoms with E-state index >= 15 is 0 Å². The van der Waals surface area contributed by atoms with E-state index in [9.17, 15) is 22.8 Å². The zero-order valence-corrected chi connectivity index (χ0v) is 15.7. The highest BCUT2D eigenvalue weighted by atomic mass is 35.5. The molecule has 1 aliphatic heterocycles. The van der Waals surface area contributed by atoms with Crippen LogP contribution in [0.2, 0.25) is 10.0 Å². The number of alkyl halides is 3. The zero-order valence-electron chi connectivity index (χ0n) is 14.2. The SMILES string of the molecule is CCN(CCC(F)(F)F)C(=O)C1CCCN1C(=O)c1cc(Cl)ccc1Cl. The lowest BCUT2D eigenvalue weighted by molar-refractivity contribution is -0.147. The van der Waals surface area contributed by atoms with Crippen molar-refractivity contribution in [2.45, 2.75) is 38.4 Å². The van der Waals surface area contributed by atoms with Gasteiger partial charge in [0.15, 0.2) is 0 Å². The molecule has 1 aromatic rings. The summed E-state index contributed by atoms with van der Waals surface area (Å²) in [6.45, 7) is 1.68. The van der Waals surface area contributed by atoms with Gasteiger partial charge in [-0.05, 0) is 38.0 Å². The average Bonchev–Trinajstić information content (AvgIpc) is 3.05. The molecule has 1 saturated heterocycles. The molecule has 144 valence electrons. The number of rotatable bonds is 5. The molecule has 0 aromatic heterocycles. The summed E-state index contributed by atoms with van der Waals surface area (Å²) < 4.78 is 37.4. The van der Waals surface area contributed by atoms with Crippen LogP contribution in [-0.4, -0.2) is 53.5 Å². The lowest BCUT2D eigenvalue weighted by Gasteiger charge is -2.30. The molecule has 0 spiro atoms. The highest BCUT2D eigenvalue weighted by Gasteiger charge is 2.38. The number of likely N-dealkylation sites (tertiary alicyclic amines) is 1. The van der Waals surface area contributed by atoms with E-state index in [-0.39, 0.29) is 17.1 Å². The highest BCUT2D eigenvalue weighted by Crippen LogP contribution is 2.27. The van der Waals surface area contributed by atoms with Crippen molar-refractivity contribution in [3.63, 3.8) is 0 Å². The van der Waals surface area contributed by atoms with Crippen LogP contribution in [0.1, 0.15) is 36.5 Å². The third-order valence-electron chi connectivity index (χ3n) is 4.32. The zero-order chi connectivity index (χ0) is 19.5. The van der Waals surface area contributed by atoms with E-state index < -0.39 is 37.0 Å². The van der Waals surface area contributed by atoms with Gasteiger partial charge < -0.3 is 9.80 Å². The average molecular weight is 411 g/mol. The van der Waals surface area contributed by atoms with E-state index in [1.165, 1.54) is 17.0 Å². The summed E-state index contributed by atoms with van der Waals surface area (Å²) in [5, 5.41) is 0.544. The minimum Gasteiger partial charge on any atom is -0.341 e. The first-order valence-electron chi connectivity index (χ1n) is 8.25. The molecule has 1 unspecified atom stereocenters. The fraction of sp³-hybridized carbons (Fsp3) is 0.529. The molecule has 0 bridgehead atoms. The van der Waals surface area contributed by atoms with Crippen molar-refractivity contribution in [1.29, 1.82) is 0 Å². The maximum atomic E-state index is 12.8. The number of hydrogen-bond acceptors (Lipinski definition) is 2. The number of nitrogens with zero attached hydrogens (tertiary/aromatic N) is 2. The standard InChI is InChI=1S/C17H19Cl2F3N2O2/c1-2-23(9-7-17(20,21)22)16(26)14-4-3-8-24(14)15(25)12-10-11(18)5-6-13(12)19/h5-6,10,14H,2-4,7-9H2,1H3. The van der Waals surface area contributed by atoms with Gasteiger partial charge in [-0.25, -0.2) is 0 Å². The molecule has 26 heavy (non-hydrogen) atoms. The number of carbonyl (C=O) groups excluding carboxylic acids is 2. The van der Waals surface area contributed by atoms with Crippen LogP contribution in [-0.2, 0) is 4.79 Å². The number of amides is 2. The number of carbonyl (C=O) groups is 2. The Kier molecular flexibility index (Phi) is 6.80. The Hall–Kier alpha value is -1.47. The fourth-order valence-corrected chi connectivity index (χ4v) is 3.35. The van der Waals surface area contributed by atoms with Crippen molar-refractivity contribution < 1.29 is 22.8 Å². The molecule has 0 aliphatic carbocycles. The van der Waals surface area contributed by atoms with Gasteiger partial charge >= 0.3 is 6.18 Å². The van der Waals surface area contributed by atoms with Gasteiger partial charge in [0, 0.05) is 24.7 Å². The molecule has 0 saturated carbocycles. The quantitative estimate of drug-likeness (QED) is 0.721. The molecular weight excluding hydrogens is 392 g/mol. The van der Waals surface area contributed by atoms with E-state index in [1.54, 1.807) is 13.0 Å². The van der Waals surface area contributed by atoms with Gasteiger partial charge in [-0.15, -0.1) is 0 Å². The lowest BCUT2D eigenvalue weighted by atomic mass is 10.1. The van der Waals surface area contributed by atoms with Gasteiger partial charge in [0.05, 0.1) is 17.0 Å². The van der Waals surface area contributed by atoms with Crippen LogP contribution in [0.25, 0.3) is 0 Å². The van der Waals surface area contributed by atoms with Crippen molar-refractivity contribution >= 4 is 35.0 Å². The summed E-state index contributed by atoms with van der Waals surface area (Å²) >= 11 is 12.0. The normalized spacial score (nSPS) is 17.5. The first-order valence-corrected chi connectivity index (χ1v) is 9.01. The van der Waals surface area contributed by atoms with Crippen LogP contribution >= 0.6 is 23.2 Å². The number of likely N-dealkylation sites (N-methyl/N-ethyl adjacent to an activating group) is 1. The highest BCUT2D eigenvalue weighted by molar-refractivity contribution is 6.35. The molecule has 4 nitrogen and oxygen atoms in total. The molecule has 1 heterocycles. The van der Waals surface area contributed by atoms with Crippen LogP contribution in [0.5, 0.6) is 0 Å². The third-order valence-corrected chi connectivity index (χ3v) is 4.88. The summed E-state index contributed by atoms with van der Waals surface area (Å²) in [6.07, 6.45) is -4.41. The molecular formula is C17H19Cl2F3N2O2. The molecule has 9 heteroatoms. The molecule has 1 fully saturated rings. The second kappa shape index (κ2) is 8.48. The molecule has 1 atom stereocenters. The van der Waals surface area contributed by atoms with Crippen molar-refractivity contribution in [2.75, 3.05) is 19.6 Å². The predicted molar refractivity (Wildman–Crippen MR) is 93.4 cm³/mol. The van der Waals surface area contributed by atoms with Crippen molar-refractivity contribution in [3.05, 3.63) is 33.8 Å². The Labute approximate surface area is 159 Å². The summed E-state index contributed by atoms with van der Waals surface area (Å²) in [6, 6.07) is 3.67. The topological polar surface area (TPSA) is 40.6 Å². The minimum atomic E-state index is -4.34. The van der Waals surface area contributed by atoms with Crippen LogP contribution in [0, 0.1) is 0 Å². The summed E-state index contributed by atoms with van der Waals surface area (Å²) in [5.74, 6) is -0.916. The summed E-state index contributed by atoms with van der Waals surface area (Å²) in [5.41, 5.74) is 0.178. The second-order valence-electron chi connectivity index (χ2n) is 6.06. The number of hydrogen-bond donors (Lipinski definition) is 0. The van der Waals surface area contributed by atoms with Crippen molar-refractivity contribution in [2.24, 2.45) is 0 Å². The molecule has 1 aromatic carbocycles. The van der Waals surface area contributed by atoms with Crippen LogP contribution < -0.4 is 0 Å². The Balaban J connectivity index is 2.16. The Bertz CT molecular complexity index is 682. The predicted octanol–water partition coefficient (Wildman–Crippen LogP) is 4.40. The third kappa shape index (κ3) is 5.04. The lowest BCUT2D eigenvalue weighted by Crippen LogP contribution is -2.48. The number of halogens is 5. The largest absolute Gasteiger partial charge is 0.390 e. The van der Waals surface area contributed by atoms with E-state index in [1.807, 2.05) is 0 Å². The van der Waals surface area contributed by atoms with Gasteiger partial charge in [0.1, 0.15) is 6.04 Å². The van der Waals surface area contributed by atoms with Gasteiger partial charge in [-0.2, -0.15) is 13.2 Å². The maximum Gasteiger partial charge on any atom is 0.390 e. The van der Waals surface area contributed by atoms with Crippen molar-refractivity contribution in [3.8, 4) is 0 Å². The van der Waals surface area contributed by atoms with E-state index in [0.717, 1.165) is 4.90 Å². The van der Waals surface area contributed by atoms with Crippen LogP contribution in [0.3, 0.4) is 0 Å². The van der Waals surface area contributed by atoms with Crippen molar-refractivity contribution in [1.82, 2.24) is 9.80 Å². The molecule has 1 aliphatic rings. The Morgan fingerprint density at radius 2 is 2.00 bits per heavy atom. The Morgan fingerprint density at radius 3 is 2.62 bits per heavy atom. The Morgan fingerprint density at radius 1 is 1.31 bits per heavy atom. The molecule has 0 N–H and O–H groups in total. The smallest absolute Gasteiger partial charge is 0.341 e. The van der Waals surface area contributed by atoms with Crippen LogP contribution in [0.4, 0.5) is 13.2 Å². The van der Waals surface area contributed by atoms with E-state index in [2.05, 4.69) is 0 Å². The van der Waals surface area contributed by atoms with Gasteiger partial charge in [0.25, 0.3) is 5.91 Å². The van der Waals surface area contributed by atoms with Gasteiger partial charge in [-0.1, -0.05) is 23.2 Å². The molecule has 2 rings (SSSR count). The van der Waals surface area contributed by atoms with Gasteiger partial charge in [0.2, 0.25) is 5.91 Å².